The van der Waals surface area contributed by atoms with Crippen LogP contribution in [0.5, 0.6) is 0 Å². The van der Waals surface area contributed by atoms with E-state index < -0.39 is 12.6 Å². The summed E-state index contributed by atoms with van der Waals surface area (Å²) in [5.41, 5.74) is 1.09. The molecule has 1 aromatic heterocycles. The van der Waals surface area contributed by atoms with Crippen LogP contribution in [0.25, 0.3) is 0 Å². The van der Waals surface area contributed by atoms with Gasteiger partial charge in [-0.2, -0.15) is 13.2 Å². The number of alkyl halides is 3. The number of halogens is 3. The van der Waals surface area contributed by atoms with Gasteiger partial charge in [0.15, 0.2) is 5.13 Å². The van der Waals surface area contributed by atoms with Crippen molar-refractivity contribution in [1.29, 1.82) is 0 Å². The van der Waals surface area contributed by atoms with E-state index in [0.717, 1.165) is 38.0 Å². The highest BCUT2D eigenvalue weighted by atomic mass is 32.1. The zero-order valence-electron chi connectivity index (χ0n) is 12.5. The van der Waals surface area contributed by atoms with E-state index in [0.29, 0.717) is 11.0 Å². The molecule has 0 bridgehead atoms. The smallest absolute Gasteiger partial charge is 0.351 e. The van der Waals surface area contributed by atoms with Gasteiger partial charge in [0, 0.05) is 30.9 Å². The van der Waals surface area contributed by atoms with Crippen molar-refractivity contribution in [1.82, 2.24) is 10.3 Å². The Morgan fingerprint density at radius 1 is 1.38 bits per heavy atom. The predicted molar refractivity (Wildman–Crippen MR) is 80.0 cm³/mol. The molecule has 1 aliphatic rings. The van der Waals surface area contributed by atoms with Crippen molar-refractivity contribution in [3.8, 4) is 0 Å². The number of rotatable bonds is 8. The summed E-state index contributed by atoms with van der Waals surface area (Å²) in [5, 5.41) is 4.06. The molecule has 1 aromatic rings. The molecular formula is C14H22F3N3S. The third kappa shape index (κ3) is 5.14. The van der Waals surface area contributed by atoms with Crippen LogP contribution in [0.1, 0.15) is 49.1 Å². The van der Waals surface area contributed by atoms with Gasteiger partial charge in [0.05, 0.1) is 12.1 Å². The zero-order valence-corrected chi connectivity index (χ0v) is 13.3. The maximum atomic E-state index is 12.3. The summed E-state index contributed by atoms with van der Waals surface area (Å²) in [6.45, 7) is 3.78. The molecule has 21 heavy (non-hydrogen) atoms. The van der Waals surface area contributed by atoms with Gasteiger partial charge < -0.3 is 10.2 Å². The fourth-order valence-electron chi connectivity index (χ4n) is 2.09. The van der Waals surface area contributed by atoms with Gasteiger partial charge >= 0.3 is 6.18 Å². The first kappa shape index (κ1) is 16.5. The Balaban J connectivity index is 2.00. The quantitative estimate of drug-likeness (QED) is 0.736. The number of anilines is 1. The number of aromatic nitrogens is 1. The Morgan fingerprint density at radius 2 is 2.10 bits per heavy atom. The molecule has 0 amide bonds. The first-order valence-corrected chi connectivity index (χ1v) is 8.20. The summed E-state index contributed by atoms with van der Waals surface area (Å²) in [6, 6.07) is 0. The van der Waals surface area contributed by atoms with Gasteiger partial charge in [0.2, 0.25) is 0 Å². The number of nitrogens with zero attached hydrogens (tertiary/aromatic N) is 2. The monoisotopic (exact) mass is 321 g/mol. The minimum atomic E-state index is -4.11. The molecule has 1 saturated carbocycles. The van der Waals surface area contributed by atoms with Crippen molar-refractivity contribution >= 4 is 16.5 Å². The van der Waals surface area contributed by atoms with Crippen molar-refractivity contribution in [2.45, 2.75) is 51.2 Å². The Hall–Kier alpha value is -0.820. The molecule has 0 atom stereocenters. The van der Waals surface area contributed by atoms with Gasteiger partial charge in [-0.25, -0.2) is 4.98 Å². The average molecular weight is 321 g/mol. The fourth-order valence-corrected chi connectivity index (χ4v) is 3.19. The Kier molecular flexibility index (Phi) is 5.48. The molecule has 1 fully saturated rings. The molecule has 0 unspecified atom stereocenters. The van der Waals surface area contributed by atoms with Crippen LogP contribution >= 0.6 is 11.3 Å². The van der Waals surface area contributed by atoms with E-state index in [-0.39, 0.29) is 6.54 Å². The average Bonchev–Trinajstić information content (AvgIpc) is 3.16. The lowest BCUT2D eigenvalue weighted by Gasteiger charge is -2.16. The lowest BCUT2D eigenvalue weighted by Crippen LogP contribution is -2.23. The van der Waals surface area contributed by atoms with Crippen LogP contribution in [0, 0.1) is 0 Å². The number of hydrogen-bond donors (Lipinski definition) is 1. The molecule has 1 aliphatic carbocycles. The van der Waals surface area contributed by atoms with Crippen LogP contribution in [0.3, 0.4) is 0 Å². The highest BCUT2D eigenvalue weighted by Gasteiger charge is 2.31. The van der Waals surface area contributed by atoms with Crippen molar-refractivity contribution in [3.05, 3.63) is 10.6 Å². The predicted octanol–water partition coefficient (Wildman–Crippen LogP) is 3.91. The van der Waals surface area contributed by atoms with E-state index in [2.05, 4.69) is 17.2 Å². The molecule has 0 spiro atoms. The second-order valence-corrected chi connectivity index (χ2v) is 6.60. The van der Waals surface area contributed by atoms with Gasteiger partial charge in [-0.15, -0.1) is 11.3 Å². The standard InChI is InChI=1S/C14H22F3N3S/c1-3-7-18-9-11-12(10-4-5-10)19-13(21-11)20(2)8-6-14(15,16)17/h10,18H,3-9H2,1-2H3. The summed E-state index contributed by atoms with van der Waals surface area (Å²) in [6.07, 6.45) is -1.55. The van der Waals surface area contributed by atoms with Gasteiger partial charge in [-0.1, -0.05) is 6.92 Å². The minimum absolute atomic E-state index is 0.0387. The van der Waals surface area contributed by atoms with Crippen molar-refractivity contribution in [3.63, 3.8) is 0 Å². The van der Waals surface area contributed by atoms with E-state index in [1.807, 2.05) is 0 Å². The van der Waals surface area contributed by atoms with Gasteiger partial charge in [-0.3, -0.25) is 0 Å². The van der Waals surface area contributed by atoms with Crippen LogP contribution in [0.4, 0.5) is 18.3 Å². The molecule has 1 heterocycles. The van der Waals surface area contributed by atoms with Gasteiger partial charge in [-0.05, 0) is 25.8 Å². The van der Waals surface area contributed by atoms with Crippen molar-refractivity contribution < 1.29 is 13.2 Å². The Labute approximate surface area is 127 Å². The number of nitrogens with one attached hydrogen (secondary N) is 1. The zero-order chi connectivity index (χ0) is 15.5. The van der Waals surface area contributed by atoms with Crippen LogP contribution < -0.4 is 10.2 Å². The summed E-state index contributed by atoms with van der Waals surface area (Å²) < 4.78 is 36.9. The van der Waals surface area contributed by atoms with Gasteiger partial charge in [0.1, 0.15) is 0 Å². The third-order valence-corrected chi connectivity index (χ3v) is 4.64. The largest absolute Gasteiger partial charge is 0.390 e. The Bertz CT molecular complexity index is 455. The summed E-state index contributed by atoms with van der Waals surface area (Å²) in [4.78, 5) is 7.39. The van der Waals surface area contributed by atoms with Crippen LogP contribution in [0.2, 0.25) is 0 Å². The molecule has 120 valence electrons. The normalized spacial score (nSPS) is 15.5. The highest BCUT2D eigenvalue weighted by molar-refractivity contribution is 7.15. The molecule has 1 N–H and O–H groups in total. The van der Waals surface area contributed by atoms with Crippen molar-refractivity contribution in [2.24, 2.45) is 0 Å². The van der Waals surface area contributed by atoms with Crippen LogP contribution in [-0.4, -0.2) is 31.3 Å². The van der Waals surface area contributed by atoms with Gasteiger partial charge in [0.25, 0.3) is 0 Å². The van der Waals surface area contributed by atoms with E-state index in [1.54, 1.807) is 11.9 Å². The lowest BCUT2D eigenvalue weighted by atomic mass is 10.2. The van der Waals surface area contributed by atoms with E-state index >= 15 is 0 Å². The molecule has 3 nitrogen and oxygen atoms in total. The van der Waals surface area contributed by atoms with Crippen LogP contribution in [0.15, 0.2) is 0 Å². The molecule has 0 saturated heterocycles. The highest BCUT2D eigenvalue weighted by Crippen LogP contribution is 2.44. The molecule has 7 heteroatoms. The maximum Gasteiger partial charge on any atom is 0.390 e. The van der Waals surface area contributed by atoms with Crippen molar-refractivity contribution in [2.75, 3.05) is 25.0 Å². The van der Waals surface area contributed by atoms with E-state index in [9.17, 15) is 13.2 Å². The SMILES string of the molecule is CCCNCc1sc(N(C)CCC(F)(F)F)nc1C1CC1. The fraction of sp³-hybridized carbons (Fsp3) is 0.786. The molecule has 0 aliphatic heterocycles. The molecule has 2 rings (SSSR count). The summed E-state index contributed by atoms with van der Waals surface area (Å²) in [5.74, 6) is 0.518. The van der Waals surface area contributed by atoms with E-state index in [1.165, 1.54) is 16.2 Å². The summed E-state index contributed by atoms with van der Waals surface area (Å²) >= 11 is 1.52. The molecule has 0 radical (unpaired) electrons. The number of thiazole rings is 1. The number of hydrogen-bond acceptors (Lipinski definition) is 4. The van der Waals surface area contributed by atoms with E-state index in [4.69, 9.17) is 0 Å². The second kappa shape index (κ2) is 6.96. The summed E-state index contributed by atoms with van der Waals surface area (Å²) in [7, 11) is 1.69. The first-order chi connectivity index (χ1) is 9.90. The third-order valence-electron chi connectivity index (χ3n) is 3.45. The topological polar surface area (TPSA) is 28.2 Å². The Morgan fingerprint density at radius 3 is 2.67 bits per heavy atom. The van der Waals surface area contributed by atoms with Crippen LogP contribution in [-0.2, 0) is 6.54 Å². The lowest BCUT2D eigenvalue weighted by molar-refractivity contribution is -0.132. The molecule has 0 aromatic carbocycles. The first-order valence-electron chi connectivity index (χ1n) is 7.39. The molecular weight excluding hydrogens is 299 g/mol. The maximum absolute atomic E-state index is 12.3. The minimum Gasteiger partial charge on any atom is -0.351 e. The second-order valence-electron chi connectivity index (χ2n) is 5.54.